The fourth-order valence-electron chi connectivity index (χ4n) is 9.09. The van der Waals surface area contributed by atoms with Crippen molar-refractivity contribution >= 4 is 17.7 Å². The van der Waals surface area contributed by atoms with Gasteiger partial charge in [0.05, 0.1) is 6.10 Å². The maximum atomic E-state index is 12.9. The summed E-state index contributed by atoms with van der Waals surface area (Å²) in [6.07, 6.45) is 0.656. The lowest BCUT2D eigenvalue weighted by Gasteiger charge is -2.56. The third kappa shape index (κ3) is 4.91. The molecule has 4 aliphatic carbocycles. The smallest absolute Gasteiger partial charge is 0.335 e. The predicted octanol–water partition coefficient (Wildman–Crippen LogP) is 1.66. The highest BCUT2D eigenvalue weighted by Crippen LogP contribution is 2.64. The predicted molar refractivity (Wildman–Crippen MR) is 131 cm³/mol. The summed E-state index contributed by atoms with van der Waals surface area (Å²) in [5.41, 5.74) is -0.0356. The molecule has 0 spiro atoms. The lowest BCUT2D eigenvalue weighted by atomic mass is 9.49. The summed E-state index contributed by atoms with van der Waals surface area (Å²) in [5, 5.41) is 39.7. The van der Waals surface area contributed by atoms with Crippen molar-refractivity contribution in [2.75, 3.05) is 6.61 Å². The zero-order valence-corrected chi connectivity index (χ0v) is 22.2. The monoisotopic (exact) mass is 538 g/mol. The second kappa shape index (κ2) is 10.8. The van der Waals surface area contributed by atoms with Gasteiger partial charge in [-0.25, -0.2) is 4.79 Å². The Morgan fingerprint density at radius 1 is 0.895 bits per heavy atom. The summed E-state index contributed by atoms with van der Waals surface area (Å²) in [6, 6.07) is 0. The van der Waals surface area contributed by atoms with Gasteiger partial charge in [-0.05, 0) is 92.8 Å². The summed E-state index contributed by atoms with van der Waals surface area (Å²) in [7, 11) is 0. The molecule has 0 aromatic rings. The van der Waals surface area contributed by atoms with Gasteiger partial charge in [-0.15, -0.1) is 0 Å². The number of carbonyl (C=O) groups is 3. The Kier molecular flexibility index (Phi) is 7.92. The van der Waals surface area contributed by atoms with E-state index in [9.17, 15) is 34.8 Å². The van der Waals surface area contributed by atoms with E-state index in [1.54, 1.807) is 0 Å². The Hall–Kier alpha value is -1.59. The first-order valence-corrected chi connectivity index (χ1v) is 14.2. The van der Waals surface area contributed by atoms with Crippen LogP contribution in [0.2, 0.25) is 0 Å². The van der Waals surface area contributed by atoms with Crippen LogP contribution in [0.1, 0.15) is 71.6 Å². The summed E-state index contributed by atoms with van der Waals surface area (Å²) < 4.78 is 16.4. The number of ether oxygens (including phenoxy) is 3. The van der Waals surface area contributed by atoms with E-state index in [1.807, 2.05) is 0 Å². The van der Waals surface area contributed by atoms with E-state index in [1.165, 1.54) is 6.92 Å². The maximum absolute atomic E-state index is 12.9. The van der Waals surface area contributed by atoms with Gasteiger partial charge in [-0.1, -0.05) is 6.92 Å². The Morgan fingerprint density at radius 2 is 1.63 bits per heavy atom. The van der Waals surface area contributed by atoms with Crippen molar-refractivity contribution in [2.24, 2.45) is 40.9 Å². The number of aliphatic hydroxyl groups is 3. The third-order valence-electron chi connectivity index (χ3n) is 10.9. The Bertz CT molecular complexity index is 923. The van der Waals surface area contributed by atoms with E-state index in [-0.39, 0.29) is 29.8 Å². The van der Waals surface area contributed by atoms with E-state index >= 15 is 0 Å². The van der Waals surface area contributed by atoms with Crippen LogP contribution in [-0.2, 0) is 28.6 Å². The first-order valence-electron chi connectivity index (χ1n) is 14.2. The molecule has 0 aromatic heterocycles. The summed E-state index contributed by atoms with van der Waals surface area (Å²) >= 11 is 0. The molecule has 5 aliphatic rings. The minimum atomic E-state index is -1.72. The molecule has 10 nitrogen and oxygen atoms in total. The van der Waals surface area contributed by atoms with Crippen LogP contribution in [0.25, 0.3) is 0 Å². The lowest BCUT2D eigenvalue weighted by Crippen LogP contribution is -2.61. The summed E-state index contributed by atoms with van der Waals surface area (Å²) in [4.78, 5) is 35.6. The molecule has 38 heavy (non-hydrogen) atoms. The van der Waals surface area contributed by atoms with Crippen molar-refractivity contribution in [3.05, 3.63) is 0 Å². The van der Waals surface area contributed by atoms with Crippen LogP contribution in [0, 0.1) is 40.9 Å². The van der Waals surface area contributed by atoms with Crippen molar-refractivity contribution in [1.29, 1.82) is 0 Å². The average Bonchev–Trinajstić information content (AvgIpc) is 3.24. The highest BCUT2D eigenvalue weighted by molar-refractivity contribution is 5.85. The Labute approximate surface area is 223 Å². The van der Waals surface area contributed by atoms with Crippen molar-refractivity contribution in [3.8, 4) is 0 Å². The van der Waals surface area contributed by atoms with Crippen LogP contribution in [0.4, 0.5) is 0 Å². The number of fused-ring (bicyclic) bond motifs is 5. The van der Waals surface area contributed by atoms with Gasteiger partial charge in [0.2, 0.25) is 0 Å². The standard InChI is InChI=1S/C28H42O10/c1-13(29)36-12-21(30)20-8-7-19-18-5-3-14-11-15(4-6-16(14)17(18)9-10-28(19,20)2)37-27-24(33)22(31)23(32)25(38-27)26(34)35/h14-20,22-25,27,31-33H,3-12H2,1-2H3,(H,34,35)/t14-,15-,16-,17+,18+,19-,20+,22+,23-,24+,25-,27?,28-/m0/s1. The molecule has 5 fully saturated rings. The Balaban J connectivity index is 1.20. The molecule has 1 aliphatic heterocycles. The largest absolute Gasteiger partial charge is 0.479 e. The fourth-order valence-corrected chi connectivity index (χ4v) is 9.09. The van der Waals surface area contributed by atoms with Crippen LogP contribution in [-0.4, -0.2) is 81.6 Å². The lowest BCUT2D eigenvalue weighted by molar-refractivity contribution is -0.308. The van der Waals surface area contributed by atoms with Crippen molar-refractivity contribution < 1.29 is 49.0 Å². The molecule has 0 aromatic carbocycles. The van der Waals surface area contributed by atoms with Gasteiger partial charge in [-0.2, -0.15) is 0 Å². The van der Waals surface area contributed by atoms with Gasteiger partial charge in [0.1, 0.15) is 24.9 Å². The molecule has 10 heteroatoms. The molecule has 1 saturated heterocycles. The third-order valence-corrected chi connectivity index (χ3v) is 10.9. The number of hydrogen-bond donors (Lipinski definition) is 4. The van der Waals surface area contributed by atoms with Gasteiger partial charge in [0.25, 0.3) is 0 Å². The molecule has 13 atom stereocenters. The van der Waals surface area contributed by atoms with Gasteiger partial charge in [0.15, 0.2) is 18.2 Å². The van der Waals surface area contributed by atoms with Crippen molar-refractivity contribution in [1.82, 2.24) is 0 Å². The van der Waals surface area contributed by atoms with Gasteiger partial charge < -0.3 is 34.6 Å². The first-order chi connectivity index (χ1) is 18.0. The molecule has 5 rings (SSSR count). The number of carboxylic acid groups (broad SMARTS) is 1. The average molecular weight is 539 g/mol. The maximum Gasteiger partial charge on any atom is 0.335 e. The zero-order chi connectivity index (χ0) is 27.4. The number of Topliss-reactive ketones (excluding diaryl/α,β-unsaturated/α-hetero) is 1. The molecule has 0 radical (unpaired) electrons. The highest BCUT2D eigenvalue weighted by atomic mass is 16.7. The van der Waals surface area contributed by atoms with Crippen LogP contribution < -0.4 is 0 Å². The van der Waals surface area contributed by atoms with Crippen LogP contribution in [0.15, 0.2) is 0 Å². The topological polar surface area (TPSA) is 160 Å². The molecule has 4 saturated carbocycles. The second-order valence-electron chi connectivity index (χ2n) is 12.7. The zero-order valence-electron chi connectivity index (χ0n) is 22.2. The summed E-state index contributed by atoms with van der Waals surface area (Å²) in [5.74, 6) is 0.943. The van der Waals surface area contributed by atoms with E-state index in [0.29, 0.717) is 29.6 Å². The quantitative estimate of drug-likeness (QED) is 0.289. The van der Waals surface area contributed by atoms with Gasteiger partial charge in [0, 0.05) is 12.8 Å². The van der Waals surface area contributed by atoms with E-state index in [2.05, 4.69) is 6.92 Å². The normalized spacial score (nSPS) is 48.3. The SMILES string of the molecule is CC(=O)OCC(=O)[C@H]1CC[C@H]2[C@@H]3CC[C@H]4C[C@@H](OC5O[C@H](C(=O)O)[C@@H](O)[C@@H](O)[C@H]5O)CC[C@@H]4[C@H]3CC[C@]12C. The molecule has 4 N–H and O–H groups in total. The minimum absolute atomic E-state index is 0.0356. The number of esters is 1. The van der Waals surface area contributed by atoms with Crippen LogP contribution in [0.5, 0.6) is 0 Å². The number of carbonyl (C=O) groups excluding carboxylic acids is 2. The van der Waals surface area contributed by atoms with Crippen molar-refractivity contribution in [3.63, 3.8) is 0 Å². The first kappa shape index (κ1) is 28.0. The fraction of sp³-hybridized carbons (Fsp3) is 0.893. The molecule has 0 bridgehead atoms. The van der Waals surface area contributed by atoms with Crippen molar-refractivity contribution in [2.45, 2.75) is 108 Å². The molecular weight excluding hydrogens is 496 g/mol. The Morgan fingerprint density at radius 3 is 2.34 bits per heavy atom. The number of carboxylic acids is 1. The van der Waals surface area contributed by atoms with Crippen LogP contribution >= 0.6 is 0 Å². The molecular formula is C28H42O10. The summed E-state index contributed by atoms with van der Waals surface area (Å²) in [6.45, 7) is 3.49. The second-order valence-corrected chi connectivity index (χ2v) is 12.7. The highest BCUT2D eigenvalue weighted by Gasteiger charge is 2.58. The molecule has 1 heterocycles. The number of aliphatic carboxylic acids is 1. The van der Waals surface area contributed by atoms with Gasteiger partial charge >= 0.3 is 11.9 Å². The number of hydrogen-bond acceptors (Lipinski definition) is 9. The number of aliphatic hydroxyl groups excluding tert-OH is 3. The molecule has 1 unspecified atom stereocenters. The molecule has 214 valence electrons. The van der Waals surface area contributed by atoms with E-state index in [0.717, 1.165) is 57.8 Å². The van der Waals surface area contributed by atoms with Crippen LogP contribution in [0.3, 0.4) is 0 Å². The van der Waals surface area contributed by atoms with Gasteiger partial charge in [-0.3, -0.25) is 9.59 Å². The number of ketones is 1. The van der Waals surface area contributed by atoms with E-state index < -0.39 is 42.6 Å². The van der Waals surface area contributed by atoms with E-state index in [4.69, 9.17) is 14.2 Å². The number of rotatable bonds is 6. The minimum Gasteiger partial charge on any atom is -0.479 e. The molecule has 0 amide bonds.